The number of benzene rings is 1. The molecule has 3 heterocycles. The number of nitriles is 1. The minimum atomic E-state index is 0.214. The average Bonchev–Trinajstić information content (AvgIpc) is 3.23. The highest BCUT2D eigenvalue weighted by molar-refractivity contribution is 5.63. The van der Waals surface area contributed by atoms with Crippen LogP contribution in [0.2, 0.25) is 0 Å². The lowest BCUT2D eigenvalue weighted by Gasteiger charge is -1.97. The van der Waals surface area contributed by atoms with Gasteiger partial charge in [0.05, 0.1) is 5.56 Å². The lowest BCUT2D eigenvalue weighted by atomic mass is 10.2. The first kappa shape index (κ1) is 12.3. The summed E-state index contributed by atoms with van der Waals surface area (Å²) in [6.07, 6.45) is 1.46. The zero-order chi connectivity index (χ0) is 14.9. The highest BCUT2D eigenvalue weighted by atomic mass is 16.7. The van der Waals surface area contributed by atoms with Crippen molar-refractivity contribution >= 4 is 0 Å². The summed E-state index contributed by atoms with van der Waals surface area (Å²) in [5.74, 6) is 2.07. The Morgan fingerprint density at radius 2 is 2.00 bits per heavy atom. The molecular formula is C15H8N4O3. The minimum Gasteiger partial charge on any atom is -0.454 e. The average molecular weight is 292 g/mol. The summed E-state index contributed by atoms with van der Waals surface area (Å²) in [5, 5.41) is 12.7. The standard InChI is InChI=1S/C15H8N4O3/c16-6-9-1-3-11(17-7-9)15-18-14(19-22-15)10-2-4-12-13(5-10)21-8-20-12/h1-5,7H,8H2. The quantitative estimate of drug-likeness (QED) is 0.715. The van der Waals surface area contributed by atoms with E-state index >= 15 is 0 Å². The Kier molecular flexibility index (Phi) is 2.73. The van der Waals surface area contributed by atoms with Gasteiger partial charge in [-0.2, -0.15) is 10.2 Å². The minimum absolute atomic E-state index is 0.214. The Morgan fingerprint density at radius 1 is 1.09 bits per heavy atom. The number of fused-ring (bicyclic) bond motifs is 1. The van der Waals surface area contributed by atoms with Crippen LogP contribution >= 0.6 is 0 Å². The van der Waals surface area contributed by atoms with Crippen molar-refractivity contribution in [2.75, 3.05) is 6.79 Å². The number of pyridine rings is 1. The second-order valence-corrected chi connectivity index (χ2v) is 4.54. The maximum absolute atomic E-state index is 8.77. The molecule has 0 saturated carbocycles. The van der Waals surface area contributed by atoms with E-state index in [-0.39, 0.29) is 12.7 Å². The Hall–Kier alpha value is -3.40. The van der Waals surface area contributed by atoms with Crippen molar-refractivity contribution in [3.05, 3.63) is 42.1 Å². The number of hydrogen-bond donors (Lipinski definition) is 0. The molecule has 1 aromatic carbocycles. The van der Waals surface area contributed by atoms with Gasteiger partial charge >= 0.3 is 0 Å². The van der Waals surface area contributed by atoms with Crippen LogP contribution < -0.4 is 9.47 Å². The SMILES string of the molecule is N#Cc1ccc(-c2nc(-c3ccc4c(c3)OCO4)no2)nc1. The van der Waals surface area contributed by atoms with Crippen LogP contribution in [0.25, 0.3) is 23.0 Å². The highest BCUT2D eigenvalue weighted by Gasteiger charge is 2.17. The molecule has 22 heavy (non-hydrogen) atoms. The third-order valence-corrected chi connectivity index (χ3v) is 3.17. The summed E-state index contributed by atoms with van der Waals surface area (Å²) in [7, 11) is 0. The van der Waals surface area contributed by atoms with Gasteiger partial charge in [-0.3, -0.25) is 0 Å². The van der Waals surface area contributed by atoms with Crippen molar-refractivity contribution in [3.8, 4) is 40.5 Å². The second-order valence-electron chi connectivity index (χ2n) is 4.54. The molecule has 0 atom stereocenters. The first-order chi connectivity index (χ1) is 10.8. The zero-order valence-corrected chi connectivity index (χ0v) is 11.2. The molecule has 0 spiro atoms. The molecule has 0 fully saturated rings. The second kappa shape index (κ2) is 4.86. The van der Waals surface area contributed by atoms with Gasteiger partial charge in [0, 0.05) is 11.8 Å². The van der Waals surface area contributed by atoms with Gasteiger partial charge in [-0.1, -0.05) is 5.16 Å². The van der Waals surface area contributed by atoms with Crippen LogP contribution in [-0.4, -0.2) is 21.9 Å². The summed E-state index contributed by atoms with van der Waals surface area (Å²) >= 11 is 0. The van der Waals surface area contributed by atoms with Gasteiger partial charge in [0.25, 0.3) is 5.89 Å². The monoisotopic (exact) mass is 292 g/mol. The Morgan fingerprint density at radius 3 is 2.82 bits per heavy atom. The van der Waals surface area contributed by atoms with Gasteiger partial charge in [-0.05, 0) is 30.3 Å². The Labute approximate surface area is 124 Å². The third-order valence-electron chi connectivity index (χ3n) is 3.17. The van der Waals surface area contributed by atoms with Gasteiger partial charge < -0.3 is 14.0 Å². The number of aromatic nitrogens is 3. The summed E-state index contributed by atoms with van der Waals surface area (Å²) in [4.78, 5) is 8.43. The van der Waals surface area contributed by atoms with E-state index in [0.717, 1.165) is 5.56 Å². The van der Waals surface area contributed by atoms with Crippen molar-refractivity contribution in [2.45, 2.75) is 0 Å². The van der Waals surface area contributed by atoms with E-state index < -0.39 is 0 Å². The molecule has 2 aromatic heterocycles. The highest BCUT2D eigenvalue weighted by Crippen LogP contribution is 2.35. The zero-order valence-electron chi connectivity index (χ0n) is 11.2. The first-order valence-corrected chi connectivity index (χ1v) is 6.44. The smallest absolute Gasteiger partial charge is 0.276 e. The largest absolute Gasteiger partial charge is 0.454 e. The molecule has 3 aromatic rings. The van der Waals surface area contributed by atoms with Crippen molar-refractivity contribution in [2.24, 2.45) is 0 Å². The van der Waals surface area contributed by atoms with Crippen LogP contribution in [-0.2, 0) is 0 Å². The Bertz CT molecular complexity index is 881. The lowest BCUT2D eigenvalue weighted by molar-refractivity contribution is 0.174. The molecule has 0 bridgehead atoms. The van der Waals surface area contributed by atoms with Crippen molar-refractivity contribution in [1.82, 2.24) is 15.1 Å². The molecule has 7 nitrogen and oxygen atoms in total. The summed E-state index contributed by atoms with van der Waals surface area (Å²) in [6.45, 7) is 0.214. The normalized spacial score (nSPS) is 12.1. The van der Waals surface area contributed by atoms with E-state index in [1.54, 1.807) is 24.3 Å². The van der Waals surface area contributed by atoms with Gasteiger partial charge in [0.1, 0.15) is 11.8 Å². The van der Waals surface area contributed by atoms with Crippen LogP contribution in [0.4, 0.5) is 0 Å². The van der Waals surface area contributed by atoms with Crippen LogP contribution in [0.15, 0.2) is 41.1 Å². The fourth-order valence-corrected chi connectivity index (χ4v) is 2.07. The fraction of sp³-hybridized carbons (Fsp3) is 0.0667. The maximum atomic E-state index is 8.77. The van der Waals surface area contributed by atoms with Crippen molar-refractivity contribution in [3.63, 3.8) is 0 Å². The van der Waals surface area contributed by atoms with Gasteiger partial charge in [-0.25, -0.2) is 4.98 Å². The van der Waals surface area contributed by atoms with Gasteiger partial charge in [0.15, 0.2) is 11.5 Å². The van der Waals surface area contributed by atoms with Crippen LogP contribution in [0, 0.1) is 11.3 Å². The molecule has 1 aliphatic rings. The van der Waals surface area contributed by atoms with E-state index in [4.69, 9.17) is 19.3 Å². The van der Waals surface area contributed by atoms with E-state index in [0.29, 0.717) is 28.6 Å². The van der Waals surface area contributed by atoms with E-state index in [9.17, 15) is 0 Å². The van der Waals surface area contributed by atoms with E-state index in [1.165, 1.54) is 6.20 Å². The van der Waals surface area contributed by atoms with Crippen LogP contribution in [0.1, 0.15) is 5.56 Å². The summed E-state index contributed by atoms with van der Waals surface area (Å²) in [6, 6.07) is 10.7. The first-order valence-electron chi connectivity index (χ1n) is 6.44. The predicted octanol–water partition coefficient (Wildman–Crippen LogP) is 2.40. The number of nitrogens with zero attached hydrogens (tertiary/aromatic N) is 4. The predicted molar refractivity (Wildman–Crippen MR) is 73.8 cm³/mol. The number of rotatable bonds is 2. The summed E-state index contributed by atoms with van der Waals surface area (Å²) < 4.78 is 15.8. The molecular weight excluding hydrogens is 284 g/mol. The fourth-order valence-electron chi connectivity index (χ4n) is 2.07. The third kappa shape index (κ3) is 2.03. The van der Waals surface area contributed by atoms with Crippen LogP contribution in [0.3, 0.4) is 0 Å². The van der Waals surface area contributed by atoms with E-state index in [1.807, 2.05) is 12.1 Å². The summed E-state index contributed by atoms with van der Waals surface area (Å²) in [5.41, 5.74) is 1.74. The maximum Gasteiger partial charge on any atom is 0.276 e. The molecule has 106 valence electrons. The molecule has 1 aliphatic heterocycles. The van der Waals surface area contributed by atoms with Gasteiger partial charge in [-0.15, -0.1) is 0 Å². The molecule has 0 aliphatic carbocycles. The topological polar surface area (TPSA) is 94.1 Å². The van der Waals surface area contributed by atoms with Crippen molar-refractivity contribution in [1.29, 1.82) is 5.26 Å². The molecule has 0 amide bonds. The number of hydrogen-bond acceptors (Lipinski definition) is 7. The van der Waals surface area contributed by atoms with Crippen molar-refractivity contribution < 1.29 is 14.0 Å². The molecule has 0 saturated heterocycles. The molecule has 0 radical (unpaired) electrons. The Balaban J connectivity index is 1.67. The number of ether oxygens (including phenoxy) is 2. The molecule has 0 N–H and O–H groups in total. The molecule has 4 rings (SSSR count). The molecule has 7 heteroatoms. The van der Waals surface area contributed by atoms with Crippen LogP contribution in [0.5, 0.6) is 11.5 Å². The van der Waals surface area contributed by atoms with Gasteiger partial charge in [0.2, 0.25) is 12.6 Å². The molecule has 0 unspecified atom stereocenters. The lowest BCUT2D eigenvalue weighted by Crippen LogP contribution is -1.92. The van der Waals surface area contributed by atoms with E-state index in [2.05, 4.69) is 15.1 Å².